The van der Waals surface area contributed by atoms with Crippen molar-refractivity contribution in [3.63, 3.8) is 0 Å². The fourth-order valence-corrected chi connectivity index (χ4v) is 1.40. The molecule has 1 aliphatic heterocycles. The number of hydrogen-bond donors (Lipinski definition) is 0. The maximum Gasteiger partial charge on any atom is 0.231 e. The summed E-state index contributed by atoms with van der Waals surface area (Å²) in [6.07, 6.45) is 0.409. The minimum atomic E-state index is 0.129. The molecule has 2 rings (SSSR count). The molecule has 0 spiro atoms. The first-order valence-electron chi connectivity index (χ1n) is 4.14. The van der Waals surface area contributed by atoms with Crippen LogP contribution in [0.2, 0.25) is 0 Å². The lowest BCUT2D eigenvalue weighted by molar-refractivity contribution is -0.116. The lowest BCUT2D eigenvalue weighted by Gasteiger charge is -2.02. The van der Waals surface area contributed by atoms with Gasteiger partial charge in [0.05, 0.1) is 0 Å². The van der Waals surface area contributed by atoms with Gasteiger partial charge in [-0.05, 0) is 13.0 Å². The summed E-state index contributed by atoms with van der Waals surface area (Å²) in [5.74, 6) is 1.58. The number of carbonyl (C=O) groups is 1. The van der Waals surface area contributed by atoms with Gasteiger partial charge in [-0.1, -0.05) is 12.1 Å². The molecule has 1 aromatic rings. The largest absolute Gasteiger partial charge is 0.454 e. The molecule has 0 fully saturated rings. The van der Waals surface area contributed by atoms with Crippen molar-refractivity contribution in [3.8, 4) is 11.5 Å². The van der Waals surface area contributed by atoms with Crippen LogP contribution in [-0.2, 0) is 11.2 Å². The van der Waals surface area contributed by atoms with Crippen molar-refractivity contribution in [1.82, 2.24) is 0 Å². The lowest BCUT2D eigenvalue weighted by atomic mass is 10.1. The van der Waals surface area contributed by atoms with E-state index >= 15 is 0 Å². The number of para-hydroxylation sites is 1. The number of rotatable bonds is 2. The van der Waals surface area contributed by atoms with Gasteiger partial charge < -0.3 is 9.47 Å². The van der Waals surface area contributed by atoms with Crippen LogP contribution < -0.4 is 9.47 Å². The average Bonchev–Trinajstić information content (AvgIpc) is 2.51. The van der Waals surface area contributed by atoms with Gasteiger partial charge in [0, 0.05) is 12.0 Å². The van der Waals surface area contributed by atoms with Crippen LogP contribution in [0.5, 0.6) is 11.5 Å². The van der Waals surface area contributed by atoms with E-state index in [9.17, 15) is 4.79 Å². The van der Waals surface area contributed by atoms with Crippen LogP contribution in [0, 0.1) is 0 Å². The summed E-state index contributed by atoms with van der Waals surface area (Å²) in [4.78, 5) is 10.9. The van der Waals surface area contributed by atoms with Crippen molar-refractivity contribution < 1.29 is 14.3 Å². The lowest BCUT2D eigenvalue weighted by Crippen LogP contribution is -1.98. The van der Waals surface area contributed by atoms with Gasteiger partial charge in [0.25, 0.3) is 0 Å². The summed E-state index contributed by atoms with van der Waals surface area (Å²) in [5, 5.41) is 0. The molecule has 68 valence electrons. The van der Waals surface area contributed by atoms with Gasteiger partial charge in [-0.25, -0.2) is 0 Å². The highest BCUT2D eigenvalue weighted by atomic mass is 16.7. The van der Waals surface area contributed by atoms with Gasteiger partial charge in [-0.2, -0.15) is 0 Å². The van der Waals surface area contributed by atoms with Crippen LogP contribution in [0.1, 0.15) is 12.5 Å². The number of hydrogen-bond acceptors (Lipinski definition) is 3. The topological polar surface area (TPSA) is 35.5 Å². The second kappa shape index (κ2) is 3.09. The van der Waals surface area contributed by atoms with Crippen molar-refractivity contribution in [3.05, 3.63) is 23.8 Å². The normalized spacial score (nSPS) is 13.0. The van der Waals surface area contributed by atoms with Crippen molar-refractivity contribution in [2.45, 2.75) is 13.3 Å². The van der Waals surface area contributed by atoms with E-state index in [2.05, 4.69) is 0 Å². The first kappa shape index (κ1) is 8.10. The molecule has 3 heteroatoms. The van der Waals surface area contributed by atoms with Gasteiger partial charge >= 0.3 is 0 Å². The quantitative estimate of drug-likeness (QED) is 0.689. The van der Waals surface area contributed by atoms with Crippen LogP contribution in [0.4, 0.5) is 0 Å². The fourth-order valence-electron chi connectivity index (χ4n) is 1.40. The molecule has 0 aromatic heterocycles. The summed E-state index contributed by atoms with van der Waals surface area (Å²) in [7, 11) is 0. The Bertz CT molecular complexity index is 344. The number of fused-ring (bicyclic) bond motifs is 1. The maximum absolute atomic E-state index is 10.9. The van der Waals surface area contributed by atoms with Crippen LogP contribution in [0.3, 0.4) is 0 Å². The molecule has 1 aliphatic rings. The Balaban J connectivity index is 2.36. The Hall–Kier alpha value is -1.51. The molecule has 0 unspecified atom stereocenters. The average molecular weight is 178 g/mol. The predicted octanol–water partition coefficient (Wildman–Crippen LogP) is 1.55. The monoisotopic (exact) mass is 178 g/mol. The van der Waals surface area contributed by atoms with E-state index in [0.717, 1.165) is 17.1 Å². The first-order valence-corrected chi connectivity index (χ1v) is 4.14. The minimum absolute atomic E-state index is 0.129. The highest BCUT2D eigenvalue weighted by molar-refractivity contribution is 5.79. The number of carbonyl (C=O) groups excluding carboxylic acids is 1. The van der Waals surface area contributed by atoms with Gasteiger partial charge in [-0.3, -0.25) is 4.79 Å². The van der Waals surface area contributed by atoms with Crippen LogP contribution in [0.25, 0.3) is 0 Å². The molecule has 0 N–H and O–H groups in total. The van der Waals surface area contributed by atoms with Crippen molar-refractivity contribution in [2.24, 2.45) is 0 Å². The van der Waals surface area contributed by atoms with Gasteiger partial charge in [-0.15, -0.1) is 0 Å². The molecule has 0 saturated carbocycles. The fraction of sp³-hybridized carbons (Fsp3) is 0.300. The SMILES string of the molecule is CC(=O)Cc1cccc2c1OCO2. The Morgan fingerprint density at radius 3 is 3.08 bits per heavy atom. The Morgan fingerprint density at radius 1 is 1.46 bits per heavy atom. The zero-order chi connectivity index (χ0) is 9.26. The second-order valence-electron chi connectivity index (χ2n) is 3.03. The molecule has 0 bridgehead atoms. The Morgan fingerprint density at radius 2 is 2.31 bits per heavy atom. The zero-order valence-electron chi connectivity index (χ0n) is 7.37. The first-order chi connectivity index (χ1) is 6.27. The van der Waals surface area contributed by atoms with E-state index in [4.69, 9.17) is 9.47 Å². The van der Waals surface area contributed by atoms with Crippen LogP contribution in [0.15, 0.2) is 18.2 Å². The minimum Gasteiger partial charge on any atom is -0.454 e. The van der Waals surface area contributed by atoms with Crippen molar-refractivity contribution in [1.29, 1.82) is 0 Å². The summed E-state index contributed by atoms with van der Waals surface area (Å²) in [6, 6.07) is 5.59. The molecule has 0 radical (unpaired) electrons. The zero-order valence-corrected chi connectivity index (χ0v) is 7.37. The van der Waals surface area contributed by atoms with E-state index in [1.807, 2.05) is 18.2 Å². The van der Waals surface area contributed by atoms with E-state index in [1.54, 1.807) is 6.92 Å². The number of Topliss-reactive ketones (excluding diaryl/α,β-unsaturated/α-hetero) is 1. The third-order valence-electron chi connectivity index (χ3n) is 1.92. The molecule has 0 atom stereocenters. The number of benzene rings is 1. The molecule has 1 heterocycles. The van der Waals surface area contributed by atoms with E-state index in [1.165, 1.54) is 0 Å². The highest BCUT2D eigenvalue weighted by Gasteiger charge is 2.17. The third kappa shape index (κ3) is 1.49. The standard InChI is InChI=1S/C10H10O3/c1-7(11)5-8-3-2-4-9-10(8)13-6-12-9/h2-4H,5-6H2,1H3. The molecular weight excluding hydrogens is 168 g/mol. The summed E-state index contributed by atoms with van der Waals surface area (Å²) in [6.45, 7) is 1.82. The Labute approximate surface area is 76.3 Å². The summed E-state index contributed by atoms with van der Waals surface area (Å²) in [5.41, 5.74) is 0.905. The van der Waals surface area contributed by atoms with Gasteiger partial charge in [0.1, 0.15) is 5.78 Å². The van der Waals surface area contributed by atoms with E-state index in [0.29, 0.717) is 6.42 Å². The number of ether oxygens (including phenoxy) is 2. The molecule has 0 aliphatic carbocycles. The van der Waals surface area contributed by atoms with Gasteiger partial charge in [0.2, 0.25) is 6.79 Å². The van der Waals surface area contributed by atoms with Crippen LogP contribution >= 0.6 is 0 Å². The molecule has 3 nitrogen and oxygen atoms in total. The third-order valence-corrected chi connectivity index (χ3v) is 1.92. The maximum atomic E-state index is 10.9. The van der Waals surface area contributed by atoms with Crippen LogP contribution in [-0.4, -0.2) is 12.6 Å². The molecule has 0 amide bonds. The van der Waals surface area contributed by atoms with Crippen molar-refractivity contribution >= 4 is 5.78 Å². The molecule has 1 aromatic carbocycles. The summed E-state index contributed by atoms with van der Waals surface area (Å²) >= 11 is 0. The summed E-state index contributed by atoms with van der Waals surface area (Å²) < 4.78 is 10.4. The predicted molar refractivity (Wildman–Crippen MR) is 47.0 cm³/mol. The smallest absolute Gasteiger partial charge is 0.231 e. The van der Waals surface area contributed by atoms with Gasteiger partial charge in [0.15, 0.2) is 11.5 Å². The van der Waals surface area contributed by atoms with Crippen molar-refractivity contribution in [2.75, 3.05) is 6.79 Å². The second-order valence-corrected chi connectivity index (χ2v) is 3.03. The molecular formula is C10H10O3. The molecule has 0 saturated heterocycles. The van der Waals surface area contributed by atoms with E-state index < -0.39 is 0 Å². The van der Waals surface area contributed by atoms with E-state index in [-0.39, 0.29) is 12.6 Å². The molecule has 13 heavy (non-hydrogen) atoms. The number of ketones is 1. The highest BCUT2D eigenvalue weighted by Crippen LogP contribution is 2.35. The Kier molecular flexibility index (Phi) is 1.93.